The van der Waals surface area contributed by atoms with Gasteiger partial charge >= 0.3 is 12.4 Å². The minimum Gasteiger partial charge on any atom is -0.507 e. The molecule has 5 nitrogen and oxygen atoms in total. The molecule has 3 N–H and O–H groups in total. The minimum atomic E-state index is -4.79. The maximum absolute atomic E-state index is 13.7. The Hall–Kier alpha value is -2.34. The average molecular weight is 598 g/mol. The van der Waals surface area contributed by atoms with Gasteiger partial charge < -0.3 is 15.7 Å². The first-order valence-corrected chi connectivity index (χ1v) is 11.0. The number of amides is 2. The van der Waals surface area contributed by atoms with Crippen LogP contribution in [-0.2, 0) is 4.79 Å². The Balaban J connectivity index is 2.23. The lowest BCUT2D eigenvalue weighted by atomic mass is 9.96. The summed E-state index contributed by atoms with van der Waals surface area (Å²) in [7, 11) is 0. The summed E-state index contributed by atoms with van der Waals surface area (Å²) < 4.78 is 77.4. The predicted molar refractivity (Wildman–Crippen MR) is 124 cm³/mol. The van der Waals surface area contributed by atoms with Crippen LogP contribution in [0, 0.1) is 0 Å². The highest BCUT2D eigenvalue weighted by Crippen LogP contribution is 2.41. The molecule has 0 aliphatic heterocycles. The van der Waals surface area contributed by atoms with Crippen LogP contribution in [0.1, 0.15) is 27.4 Å². The largest absolute Gasteiger partial charge is 0.507 e. The first kappa shape index (κ1) is 29.9. The van der Waals surface area contributed by atoms with E-state index in [9.17, 15) is 41.0 Å². The van der Waals surface area contributed by atoms with Gasteiger partial charge in [0.2, 0.25) is 5.91 Å². The number of carbonyl (C=O) groups is 2. The molecular formula is C21H14Cl4F6N2O3. The third-order valence-electron chi connectivity index (χ3n) is 4.44. The lowest BCUT2D eigenvalue weighted by Crippen LogP contribution is -2.40. The third-order valence-corrected chi connectivity index (χ3v) is 5.95. The number of phenolic OH excluding ortho intramolecular Hbond substituents is 1. The molecule has 0 aromatic heterocycles. The Morgan fingerprint density at radius 3 is 2.03 bits per heavy atom. The number of rotatable bonds is 7. The second-order valence-corrected chi connectivity index (χ2v) is 8.74. The van der Waals surface area contributed by atoms with Crippen molar-refractivity contribution in [3.63, 3.8) is 0 Å². The maximum Gasteiger partial charge on any atom is 0.405 e. The molecule has 36 heavy (non-hydrogen) atoms. The van der Waals surface area contributed by atoms with Gasteiger partial charge in [-0.15, -0.1) is 0 Å². The molecule has 0 spiro atoms. The molecule has 0 saturated heterocycles. The molecule has 196 valence electrons. The highest BCUT2D eigenvalue weighted by molar-refractivity contribution is 6.48. The van der Waals surface area contributed by atoms with Crippen LogP contribution < -0.4 is 10.6 Å². The van der Waals surface area contributed by atoms with Gasteiger partial charge in [0.05, 0.1) is 38.1 Å². The Labute approximate surface area is 220 Å². The standard InChI is InChI=1S/C21H14Cl4F6N2O3/c22-13-3-9(1-2-12(21(29,30)31)10-4-14(23)18(25)15(24)5-10)16(34)6-11(13)19(36)32-7-17(35)33-8-20(26,27)28/h1-6,12,34H,7-8H2,(H,32,36)(H,33,35). The van der Waals surface area contributed by atoms with Crippen LogP contribution >= 0.6 is 46.4 Å². The molecule has 1 unspecified atom stereocenters. The number of nitrogens with one attached hydrogen (secondary N) is 2. The van der Waals surface area contributed by atoms with E-state index >= 15 is 0 Å². The fourth-order valence-electron chi connectivity index (χ4n) is 2.77. The smallest absolute Gasteiger partial charge is 0.405 e. The van der Waals surface area contributed by atoms with Gasteiger partial charge in [0.15, 0.2) is 0 Å². The summed E-state index contributed by atoms with van der Waals surface area (Å²) in [4.78, 5) is 23.6. The summed E-state index contributed by atoms with van der Waals surface area (Å²) >= 11 is 23.4. The van der Waals surface area contributed by atoms with Crippen molar-refractivity contribution in [3.05, 3.63) is 67.1 Å². The van der Waals surface area contributed by atoms with E-state index in [1.807, 2.05) is 5.32 Å². The zero-order valence-electron chi connectivity index (χ0n) is 17.5. The average Bonchev–Trinajstić information content (AvgIpc) is 2.75. The van der Waals surface area contributed by atoms with Gasteiger partial charge in [-0.3, -0.25) is 9.59 Å². The van der Waals surface area contributed by atoms with Crippen molar-refractivity contribution in [2.24, 2.45) is 0 Å². The number of carbonyl (C=O) groups excluding carboxylic acids is 2. The molecule has 2 rings (SSSR count). The molecule has 15 heteroatoms. The summed E-state index contributed by atoms with van der Waals surface area (Å²) in [5.74, 6) is -5.01. The molecule has 1 atom stereocenters. The third kappa shape index (κ3) is 8.36. The van der Waals surface area contributed by atoms with E-state index in [0.717, 1.165) is 30.3 Å². The van der Waals surface area contributed by atoms with Crippen molar-refractivity contribution in [1.29, 1.82) is 0 Å². The van der Waals surface area contributed by atoms with Gasteiger partial charge in [-0.05, 0) is 29.8 Å². The van der Waals surface area contributed by atoms with E-state index in [1.165, 1.54) is 0 Å². The quantitative estimate of drug-likeness (QED) is 0.243. The Morgan fingerprint density at radius 2 is 1.50 bits per heavy atom. The number of phenols is 1. The first-order valence-electron chi connectivity index (χ1n) is 9.53. The van der Waals surface area contributed by atoms with Crippen molar-refractivity contribution >= 4 is 64.3 Å². The summed E-state index contributed by atoms with van der Waals surface area (Å²) in [5.41, 5.74) is -0.901. The van der Waals surface area contributed by atoms with Crippen LogP contribution in [0.15, 0.2) is 30.3 Å². The van der Waals surface area contributed by atoms with Gasteiger partial charge in [-0.2, -0.15) is 26.3 Å². The Morgan fingerprint density at radius 1 is 0.917 bits per heavy atom. The zero-order valence-corrected chi connectivity index (χ0v) is 20.5. The van der Waals surface area contributed by atoms with E-state index in [1.54, 1.807) is 5.32 Å². The number of alkyl halides is 6. The van der Waals surface area contributed by atoms with Gasteiger partial charge in [-0.25, -0.2) is 0 Å². The van der Waals surface area contributed by atoms with Crippen LogP contribution in [0.25, 0.3) is 6.08 Å². The van der Waals surface area contributed by atoms with Crippen LogP contribution in [0.3, 0.4) is 0 Å². The normalized spacial score (nSPS) is 13.1. The number of hydrogen-bond donors (Lipinski definition) is 3. The molecule has 0 heterocycles. The predicted octanol–water partition coefficient (Wildman–Crippen LogP) is 6.77. The maximum atomic E-state index is 13.7. The van der Waals surface area contributed by atoms with Crippen LogP contribution in [0.2, 0.25) is 20.1 Å². The molecule has 0 saturated carbocycles. The van der Waals surface area contributed by atoms with E-state index in [4.69, 9.17) is 46.4 Å². The number of hydrogen-bond acceptors (Lipinski definition) is 3. The van der Waals surface area contributed by atoms with E-state index in [-0.39, 0.29) is 36.8 Å². The lowest BCUT2D eigenvalue weighted by Gasteiger charge is -2.18. The molecule has 0 bridgehead atoms. The molecule has 0 aliphatic carbocycles. The second-order valence-electron chi connectivity index (χ2n) is 7.14. The molecule has 2 aromatic rings. The van der Waals surface area contributed by atoms with Crippen LogP contribution in [-0.4, -0.2) is 42.4 Å². The molecule has 0 fully saturated rings. The SMILES string of the molecule is O=C(CNC(=O)c1cc(O)c(C=CC(c2cc(Cl)c(Cl)c(Cl)c2)C(F)(F)F)cc1Cl)NCC(F)(F)F. The second kappa shape index (κ2) is 11.8. The molecule has 2 aromatic carbocycles. The summed E-state index contributed by atoms with van der Waals surface area (Å²) in [6.07, 6.45) is -7.83. The monoisotopic (exact) mass is 596 g/mol. The minimum absolute atomic E-state index is 0.122. The van der Waals surface area contributed by atoms with Gasteiger partial charge in [0, 0.05) is 5.56 Å². The molecule has 2 amide bonds. The van der Waals surface area contributed by atoms with Crippen LogP contribution in [0.4, 0.5) is 26.3 Å². The first-order chi connectivity index (χ1) is 16.5. The van der Waals surface area contributed by atoms with Crippen molar-refractivity contribution in [2.75, 3.05) is 13.1 Å². The van der Waals surface area contributed by atoms with Crippen molar-refractivity contribution in [1.82, 2.24) is 10.6 Å². The summed E-state index contributed by atoms with van der Waals surface area (Å²) in [5, 5.41) is 12.9. The number of allylic oxidation sites excluding steroid dienone is 1. The summed E-state index contributed by atoms with van der Waals surface area (Å²) in [6.45, 7) is -2.43. The van der Waals surface area contributed by atoms with Gasteiger partial charge in [0.1, 0.15) is 12.3 Å². The molecule has 0 radical (unpaired) electrons. The highest BCUT2D eigenvalue weighted by atomic mass is 35.5. The Kier molecular flexibility index (Phi) is 9.80. The Bertz CT molecular complexity index is 1160. The van der Waals surface area contributed by atoms with Crippen molar-refractivity contribution in [2.45, 2.75) is 18.3 Å². The van der Waals surface area contributed by atoms with Crippen LogP contribution in [0.5, 0.6) is 5.75 Å². The van der Waals surface area contributed by atoms with E-state index < -0.39 is 48.9 Å². The highest BCUT2D eigenvalue weighted by Gasteiger charge is 2.39. The van der Waals surface area contributed by atoms with Crippen molar-refractivity contribution < 1.29 is 41.0 Å². The lowest BCUT2D eigenvalue weighted by molar-refractivity contribution is -0.139. The van der Waals surface area contributed by atoms with E-state index in [2.05, 4.69) is 0 Å². The van der Waals surface area contributed by atoms with Gasteiger partial charge in [-0.1, -0.05) is 58.6 Å². The van der Waals surface area contributed by atoms with Gasteiger partial charge in [0.25, 0.3) is 5.91 Å². The van der Waals surface area contributed by atoms with Crippen molar-refractivity contribution in [3.8, 4) is 5.75 Å². The fraction of sp³-hybridized carbons (Fsp3) is 0.238. The molecular weight excluding hydrogens is 584 g/mol. The fourth-order valence-corrected chi connectivity index (χ4v) is 3.64. The summed E-state index contributed by atoms with van der Waals surface area (Å²) in [6, 6.07) is 3.79. The number of aromatic hydroxyl groups is 1. The number of halogens is 10. The van der Waals surface area contributed by atoms with E-state index in [0.29, 0.717) is 6.08 Å². The molecule has 0 aliphatic rings. The number of benzene rings is 2. The topological polar surface area (TPSA) is 78.4 Å². The zero-order chi connectivity index (χ0) is 27.4.